The van der Waals surface area contributed by atoms with E-state index in [9.17, 15) is 8.42 Å². The van der Waals surface area contributed by atoms with Gasteiger partial charge in [0.2, 0.25) is 0 Å². The zero-order valence-corrected chi connectivity index (χ0v) is 17.8. The van der Waals surface area contributed by atoms with Crippen molar-refractivity contribution in [3.8, 4) is 0 Å². The second-order valence-electron chi connectivity index (χ2n) is 6.15. The Bertz CT molecular complexity index is 644. The van der Waals surface area contributed by atoms with Crippen LogP contribution in [0.25, 0.3) is 0 Å². The van der Waals surface area contributed by atoms with Crippen LogP contribution in [0.5, 0.6) is 0 Å². The minimum absolute atomic E-state index is 0.0157. The average Bonchev–Trinajstić information content (AvgIpc) is 2.47. The molecule has 0 spiro atoms. The fourth-order valence-electron chi connectivity index (χ4n) is 1.92. The first-order valence-electron chi connectivity index (χ1n) is 7.68. The molecule has 0 saturated heterocycles. The molecular weight excluding hydrogens is 410 g/mol. The molecule has 0 aliphatic heterocycles. The monoisotopic (exact) mass is 435 g/mol. The highest BCUT2D eigenvalue weighted by molar-refractivity contribution is 9.10. The van der Waals surface area contributed by atoms with Crippen LogP contribution in [0, 0.1) is 0 Å². The topological polar surface area (TPSA) is 70.6 Å². The van der Waals surface area contributed by atoms with Gasteiger partial charge in [0, 0.05) is 40.5 Å². The van der Waals surface area contributed by atoms with Gasteiger partial charge < -0.3 is 10.6 Å². The highest BCUT2D eigenvalue weighted by Crippen LogP contribution is 2.32. The highest BCUT2D eigenvalue weighted by Gasteiger charge is 2.20. The van der Waals surface area contributed by atoms with E-state index in [0.717, 1.165) is 11.0 Å². The molecule has 0 amide bonds. The summed E-state index contributed by atoms with van der Waals surface area (Å²) in [7, 11) is -1.20. The number of nitrogens with one attached hydrogen (secondary N) is 2. The van der Waals surface area contributed by atoms with Gasteiger partial charge in [-0.1, -0.05) is 15.9 Å². The number of benzene rings is 1. The van der Waals surface area contributed by atoms with E-state index in [1.165, 1.54) is 11.2 Å². The minimum Gasteiger partial charge on any atom is -0.356 e. The van der Waals surface area contributed by atoms with Gasteiger partial charge in [0.05, 0.1) is 5.75 Å². The molecule has 0 bridgehead atoms. The van der Waals surface area contributed by atoms with Gasteiger partial charge >= 0.3 is 0 Å². The van der Waals surface area contributed by atoms with Crippen LogP contribution in [0.3, 0.4) is 0 Å². The first kappa shape index (κ1) is 21.3. The van der Waals surface area contributed by atoms with E-state index in [1.54, 1.807) is 18.8 Å². The van der Waals surface area contributed by atoms with Crippen LogP contribution in [-0.2, 0) is 9.84 Å². The van der Waals surface area contributed by atoms with E-state index in [1.807, 2.05) is 12.1 Å². The SMILES string of the molecule is CN=C(NCCCS(C)(=O)=O)NCC(C)(C)Sc1ccc(Br)cc1. The maximum absolute atomic E-state index is 11.1. The van der Waals surface area contributed by atoms with Crippen molar-refractivity contribution in [3.63, 3.8) is 0 Å². The van der Waals surface area contributed by atoms with Crippen molar-refractivity contribution in [1.29, 1.82) is 0 Å². The summed E-state index contributed by atoms with van der Waals surface area (Å²) >= 11 is 5.24. The quantitative estimate of drug-likeness (QED) is 0.284. The van der Waals surface area contributed by atoms with Crippen LogP contribution >= 0.6 is 27.7 Å². The van der Waals surface area contributed by atoms with Gasteiger partial charge in [-0.25, -0.2) is 8.42 Å². The van der Waals surface area contributed by atoms with Crippen molar-refractivity contribution in [3.05, 3.63) is 28.7 Å². The summed E-state index contributed by atoms with van der Waals surface area (Å²) in [4.78, 5) is 5.38. The minimum atomic E-state index is -2.91. The van der Waals surface area contributed by atoms with E-state index in [-0.39, 0.29) is 10.5 Å². The molecule has 0 heterocycles. The average molecular weight is 436 g/mol. The van der Waals surface area contributed by atoms with Crippen LogP contribution in [0.4, 0.5) is 0 Å². The van der Waals surface area contributed by atoms with Gasteiger partial charge in [-0.05, 0) is 44.5 Å². The Morgan fingerprint density at radius 3 is 2.42 bits per heavy atom. The van der Waals surface area contributed by atoms with Gasteiger partial charge in [-0.15, -0.1) is 11.8 Å². The first-order valence-corrected chi connectivity index (χ1v) is 11.4. The summed E-state index contributed by atoms with van der Waals surface area (Å²) in [6.45, 7) is 5.65. The largest absolute Gasteiger partial charge is 0.356 e. The van der Waals surface area contributed by atoms with Crippen molar-refractivity contribution >= 4 is 43.5 Å². The van der Waals surface area contributed by atoms with Gasteiger partial charge in [0.25, 0.3) is 0 Å². The molecule has 0 aromatic heterocycles. The molecule has 0 radical (unpaired) electrons. The van der Waals surface area contributed by atoms with E-state index in [2.05, 4.69) is 57.5 Å². The number of rotatable bonds is 8. The third kappa shape index (κ3) is 9.54. The van der Waals surface area contributed by atoms with Gasteiger partial charge in [0.15, 0.2) is 5.96 Å². The van der Waals surface area contributed by atoms with Crippen LogP contribution in [0.15, 0.2) is 38.6 Å². The zero-order valence-electron chi connectivity index (χ0n) is 14.6. The van der Waals surface area contributed by atoms with E-state index in [0.29, 0.717) is 18.9 Å². The summed E-state index contributed by atoms with van der Waals surface area (Å²) < 4.78 is 23.3. The highest BCUT2D eigenvalue weighted by atomic mass is 79.9. The molecule has 5 nitrogen and oxygen atoms in total. The molecule has 8 heteroatoms. The molecule has 0 atom stereocenters. The molecule has 1 aromatic rings. The molecule has 24 heavy (non-hydrogen) atoms. The molecule has 136 valence electrons. The second kappa shape index (κ2) is 9.68. The Labute approximate surface area is 158 Å². The lowest BCUT2D eigenvalue weighted by Gasteiger charge is -2.25. The molecule has 0 fully saturated rings. The van der Waals surface area contributed by atoms with Crippen LogP contribution < -0.4 is 10.6 Å². The number of aliphatic imine (C=N–C) groups is 1. The smallest absolute Gasteiger partial charge is 0.191 e. The molecule has 1 rings (SSSR count). The Balaban J connectivity index is 2.41. The molecule has 0 aliphatic rings. The summed E-state index contributed by atoms with van der Waals surface area (Å²) in [6, 6.07) is 8.26. The Hall–Kier alpha value is -0.730. The maximum Gasteiger partial charge on any atom is 0.191 e. The van der Waals surface area contributed by atoms with Crippen LogP contribution in [0.1, 0.15) is 20.3 Å². The Kier molecular flexibility index (Phi) is 8.59. The molecular formula is C16H26BrN3O2S2. The Morgan fingerprint density at radius 1 is 1.25 bits per heavy atom. The summed E-state index contributed by atoms with van der Waals surface area (Å²) in [5, 5.41) is 6.44. The normalized spacial score (nSPS) is 13.0. The van der Waals surface area contributed by atoms with Crippen molar-refractivity contribution in [2.24, 2.45) is 4.99 Å². The second-order valence-corrected chi connectivity index (χ2v) is 11.1. The van der Waals surface area contributed by atoms with Gasteiger partial charge in [0.1, 0.15) is 9.84 Å². The van der Waals surface area contributed by atoms with Gasteiger partial charge in [-0.3, -0.25) is 4.99 Å². The molecule has 0 aliphatic carbocycles. The van der Waals surface area contributed by atoms with Crippen molar-refractivity contribution in [2.75, 3.05) is 32.1 Å². The predicted octanol–water partition coefficient (Wildman–Crippen LogP) is 2.92. The number of thioether (sulfide) groups is 1. The van der Waals surface area contributed by atoms with E-state index >= 15 is 0 Å². The number of halogens is 1. The number of sulfone groups is 1. The molecule has 1 aromatic carbocycles. The summed E-state index contributed by atoms with van der Waals surface area (Å²) in [6.07, 6.45) is 1.82. The lowest BCUT2D eigenvalue weighted by Crippen LogP contribution is -2.43. The molecule has 2 N–H and O–H groups in total. The van der Waals surface area contributed by atoms with Crippen molar-refractivity contribution in [1.82, 2.24) is 10.6 Å². The zero-order chi connectivity index (χ0) is 18.2. The lowest BCUT2D eigenvalue weighted by molar-refractivity contribution is 0.598. The van der Waals surface area contributed by atoms with Crippen LogP contribution in [0.2, 0.25) is 0 Å². The lowest BCUT2D eigenvalue weighted by atomic mass is 10.2. The number of hydrogen-bond acceptors (Lipinski definition) is 4. The Morgan fingerprint density at radius 2 is 1.88 bits per heavy atom. The maximum atomic E-state index is 11.1. The molecule has 0 saturated carbocycles. The van der Waals surface area contributed by atoms with Gasteiger partial charge in [-0.2, -0.15) is 0 Å². The third-order valence-corrected chi connectivity index (χ3v) is 5.86. The number of guanidine groups is 1. The van der Waals surface area contributed by atoms with Crippen LogP contribution in [-0.4, -0.2) is 51.3 Å². The first-order chi connectivity index (χ1) is 11.1. The van der Waals surface area contributed by atoms with Crippen molar-refractivity contribution < 1.29 is 8.42 Å². The standard InChI is InChI=1S/C16H26BrN3O2S2/c1-16(2,23-14-8-6-13(17)7-9-14)12-20-15(18-3)19-10-5-11-24(4,21)22/h6-9H,5,10-12H2,1-4H3,(H2,18,19,20). The third-order valence-electron chi connectivity index (χ3n) is 3.10. The molecule has 0 unspecified atom stereocenters. The number of nitrogens with zero attached hydrogens (tertiary/aromatic N) is 1. The summed E-state index contributed by atoms with van der Waals surface area (Å²) in [5.41, 5.74) is 0. The predicted molar refractivity (Wildman–Crippen MR) is 108 cm³/mol. The summed E-state index contributed by atoms with van der Waals surface area (Å²) in [5.74, 6) is 0.870. The number of hydrogen-bond donors (Lipinski definition) is 2. The van der Waals surface area contributed by atoms with Crippen molar-refractivity contribution in [2.45, 2.75) is 29.9 Å². The van der Waals surface area contributed by atoms with E-state index in [4.69, 9.17) is 0 Å². The van der Waals surface area contributed by atoms with E-state index < -0.39 is 9.84 Å². The fraction of sp³-hybridized carbons (Fsp3) is 0.562. The fourth-order valence-corrected chi connectivity index (χ4v) is 3.90.